The first-order chi connectivity index (χ1) is 8.10. The first-order valence-corrected chi connectivity index (χ1v) is 6.29. The Morgan fingerprint density at radius 3 is 2.53 bits per heavy atom. The Morgan fingerprint density at radius 1 is 1.35 bits per heavy atom. The lowest BCUT2D eigenvalue weighted by atomic mass is 10.0. The van der Waals surface area contributed by atoms with Gasteiger partial charge in [-0.1, -0.05) is 36.7 Å². The summed E-state index contributed by atoms with van der Waals surface area (Å²) in [4.78, 5) is 0. The fourth-order valence-electron chi connectivity index (χ4n) is 1.68. The van der Waals surface area contributed by atoms with Gasteiger partial charge < -0.3 is 16.2 Å². The number of hydrogen-bond donors (Lipinski definition) is 3. The fraction of sp³-hybridized carbons (Fsp3) is 0.538. The summed E-state index contributed by atoms with van der Waals surface area (Å²) in [6.07, 6.45) is 0. The Bertz CT molecular complexity index is 346. The molecule has 0 aromatic heterocycles. The first-order valence-electron chi connectivity index (χ1n) is 5.91. The van der Waals surface area contributed by atoms with Gasteiger partial charge in [-0.15, -0.1) is 0 Å². The third-order valence-corrected chi connectivity index (χ3v) is 3.47. The maximum atomic E-state index is 9.12. The second-order valence-electron chi connectivity index (χ2n) is 4.43. The number of aliphatic hydroxyl groups is 1. The molecule has 3 nitrogen and oxygen atoms in total. The molecule has 0 aliphatic carbocycles. The Labute approximate surface area is 108 Å². The number of aliphatic hydroxyl groups excluding tert-OH is 1. The minimum absolute atomic E-state index is 0.0210. The monoisotopic (exact) mass is 256 g/mol. The van der Waals surface area contributed by atoms with Crippen molar-refractivity contribution in [3.8, 4) is 0 Å². The molecule has 3 unspecified atom stereocenters. The van der Waals surface area contributed by atoms with Crippen molar-refractivity contribution < 1.29 is 5.11 Å². The summed E-state index contributed by atoms with van der Waals surface area (Å²) in [6, 6.07) is 7.90. The molecule has 4 N–H and O–H groups in total. The van der Waals surface area contributed by atoms with E-state index in [2.05, 4.69) is 5.32 Å². The van der Waals surface area contributed by atoms with Gasteiger partial charge in [0.15, 0.2) is 0 Å². The summed E-state index contributed by atoms with van der Waals surface area (Å²) in [5.41, 5.74) is 6.79. The van der Waals surface area contributed by atoms with Crippen LogP contribution in [0.25, 0.3) is 0 Å². The summed E-state index contributed by atoms with van der Waals surface area (Å²) in [5.74, 6) is 0.187. The molecule has 0 aliphatic rings. The van der Waals surface area contributed by atoms with Gasteiger partial charge in [0.25, 0.3) is 0 Å². The second kappa shape index (κ2) is 6.97. The molecule has 4 heteroatoms. The summed E-state index contributed by atoms with van der Waals surface area (Å²) in [6.45, 7) is 4.68. The van der Waals surface area contributed by atoms with Gasteiger partial charge in [-0.2, -0.15) is 0 Å². The highest BCUT2D eigenvalue weighted by atomic mass is 35.5. The molecule has 1 aromatic carbocycles. The van der Waals surface area contributed by atoms with E-state index >= 15 is 0 Å². The number of nitrogens with one attached hydrogen (secondary N) is 1. The van der Waals surface area contributed by atoms with Crippen molar-refractivity contribution in [1.29, 1.82) is 0 Å². The lowest BCUT2D eigenvalue weighted by Crippen LogP contribution is -2.39. The zero-order valence-electron chi connectivity index (χ0n) is 10.4. The van der Waals surface area contributed by atoms with Crippen LogP contribution in [0.5, 0.6) is 0 Å². The zero-order valence-corrected chi connectivity index (χ0v) is 11.1. The second-order valence-corrected chi connectivity index (χ2v) is 4.83. The average molecular weight is 257 g/mol. The van der Waals surface area contributed by atoms with Gasteiger partial charge in [-0.25, -0.2) is 0 Å². The van der Waals surface area contributed by atoms with Crippen molar-refractivity contribution in [1.82, 2.24) is 5.32 Å². The van der Waals surface area contributed by atoms with Crippen LogP contribution in [0.4, 0.5) is 0 Å². The van der Waals surface area contributed by atoms with Crippen LogP contribution in [-0.2, 0) is 0 Å². The molecule has 0 bridgehead atoms. The van der Waals surface area contributed by atoms with Crippen LogP contribution in [0.1, 0.15) is 25.5 Å². The number of halogens is 1. The Morgan fingerprint density at radius 2 is 2.00 bits per heavy atom. The van der Waals surface area contributed by atoms with Gasteiger partial charge in [-0.3, -0.25) is 0 Å². The molecule has 1 rings (SSSR count). The van der Waals surface area contributed by atoms with Crippen molar-refractivity contribution in [2.24, 2.45) is 11.7 Å². The SMILES string of the molecule is CC(CO)C(C)NC(CN)c1ccccc1Cl. The van der Waals surface area contributed by atoms with Crippen LogP contribution >= 0.6 is 11.6 Å². The maximum Gasteiger partial charge on any atom is 0.0471 e. The molecule has 1 aromatic rings. The highest BCUT2D eigenvalue weighted by molar-refractivity contribution is 6.31. The summed E-state index contributed by atoms with van der Waals surface area (Å²) in [5, 5.41) is 13.2. The van der Waals surface area contributed by atoms with E-state index in [4.69, 9.17) is 22.4 Å². The van der Waals surface area contributed by atoms with Crippen LogP contribution in [0.15, 0.2) is 24.3 Å². The quantitative estimate of drug-likeness (QED) is 0.729. The van der Waals surface area contributed by atoms with E-state index in [1.807, 2.05) is 38.1 Å². The van der Waals surface area contributed by atoms with Gasteiger partial charge in [-0.05, 0) is 24.5 Å². The maximum absolute atomic E-state index is 9.12. The molecule has 3 atom stereocenters. The smallest absolute Gasteiger partial charge is 0.0471 e. The highest BCUT2D eigenvalue weighted by Gasteiger charge is 2.18. The van der Waals surface area contributed by atoms with E-state index in [0.29, 0.717) is 6.54 Å². The van der Waals surface area contributed by atoms with Crippen molar-refractivity contribution in [3.05, 3.63) is 34.9 Å². The minimum atomic E-state index is 0.0210. The zero-order chi connectivity index (χ0) is 12.8. The molecule has 0 saturated heterocycles. The summed E-state index contributed by atoms with van der Waals surface area (Å²) in [7, 11) is 0. The standard InChI is InChI=1S/C13H21ClN2O/c1-9(8-17)10(2)16-13(7-15)11-5-3-4-6-12(11)14/h3-6,9-10,13,16-17H,7-8,15H2,1-2H3. The molecule has 0 radical (unpaired) electrons. The Hall–Kier alpha value is -0.610. The van der Waals surface area contributed by atoms with Crippen LogP contribution in [0.2, 0.25) is 5.02 Å². The molecule has 17 heavy (non-hydrogen) atoms. The molecule has 0 saturated carbocycles. The van der Waals surface area contributed by atoms with E-state index in [-0.39, 0.29) is 24.6 Å². The normalized spacial score (nSPS) is 16.5. The molecule has 0 aliphatic heterocycles. The van der Waals surface area contributed by atoms with Gasteiger partial charge in [0, 0.05) is 30.3 Å². The third-order valence-electron chi connectivity index (χ3n) is 3.12. The van der Waals surface area contributed by atoms with Crippen molar-refractivity contribution >= 4 is 11.6 Å². The van der Waals surface area contributed by atoms with E-state index in [1.165, 1.54) is 0 Å². The number of benzene rings is 1. The number of nitrogens with two attached hydrogens (primary N) is 1. The van der Waals surface area contributed by atoms with Crippen molar-refractivity contribution in [2.45, 2.75) is 25.9 Å². The molecule has 96 valence electrons. The average Bonchev–Trinajstić information content (AvgIpc) is 2.35. The molecule has 0 heterocycles. The van der Waals surface area contributed by atoms with Gasteiger partial charge in [0.05, 0.1) is 0 Å². The minimum Gasteiger partial charge on any atom is -0.396 e. The van der Waals surface area contributed by atoms with Gasteiger partial charge in [0.1, 0.15) is 0 Å². The molecule has 0 amide bonds. The third kappa shape index (κ3) is 3.96. The van der Waals surface area contributed by atoms with E-state index in [9.17, 15) is 0 Å². The summed E-state index contributed by atoms with van der Waals surface area (Å²) < 4.78 is 0. The molecule has 0 fully saturated rings. The predicted molar refractivity (Wildman–Crippen MR) is 72.1 cm³/mol. The Balaban J connectivity index is 2.76. The van der Waals surface area contributed by atoms with Gasteiger partial charge >= 0.3 is 0 Å². The lowest BCUT2D eigenvalue weighted by Gasteiger charge is -2.26. The van der Waals surface area contributed by atoms with Crippen LogP contribution in [-0.4, -0.2) is 24.3 Å². The van der Waals surface area contributed by atoms with Crippen molar-refractivity contribution in [3.63, 3.8) is 0 Å². The van der Waals surface area contributed by atoms with Crippen LogP contribution in [0.3, 0.4) is 0 Å². The lowest BCUT2D eigenvalue weighted by molar-refractivity contribution is 0.201. The fourth-order valence-corrected chi connectivity index (χ4v) is 1.95. The Kier molecular flexibility index (Phi) is 5.92. The largest absolute Gasteiger partial charge is 0.396 e. The van der Waals surface area contributed by atoms with E-state index in [1.54, 1.807) is 0 Å². The molecular weight excluding hydrogens is 236 g/mol. The first kappa shape index (κ1) is 14.5. The van der Waals surface area contributed by atoms with Crippen molar-refractivity contribution in [2.75, 3.05) is 13.2 Å². The van der Waals surface area contributed by atoms with E-state index in [0.717, 1.165) is 10.6 Å². The topological polar surface area (TPSA) is 58.3 Å². The van der Waals surface area contributed by atoms with Gasteiger partial charge in [0.2, 0.25) is 0 Å². The summed E-state index contributed by atoms with van der Waals surface area (Å²) >= 11 is 6.15. The number of rotatable bonds is 6. The number of hydrogen-bond acceptors (Lipinski definition) is 3. The van der Waals surface area contributed by atoms with E-state index < -0.39 is 0 Å². The highest BCUT2D eigenvalue weighted by Crippen LogP contribution is 2.22. The van der Waals surface area contributed by atoms with Crippen LogP contribution < -0.4 is 11.1 Å². The molecule has 0 spiro atoms. The predicted octanol–water partition coefficient (Wildman–Crippen LogP) is 1.95. The molecular formula is C13H21ClN2O. The van der Waals surface area contributed by atoms with Crippen LogP contribution in [0, 0.1) is 5.92 Å².